The number of benzene rings is 2. The van der Waals surface area contributed by atoms with Crippen LogP contribution in [0.4, 0.5) is 5.69 Å². The summed E-state index contributed by atoms with van der Waals surface area (Å²) in [6.07, 6.45) is 22.4. The molecule has 5 N–H and O–H groups in total. The summed E-state index contributed by atoms with van der Waals surface area (Å²) in [6, 6.07) is 13.4. The van der Waals surface area contributed by atoms with Gasteiger partial charge in [-0.2, -0.15) is 0 Å². The number of pyridine rings is 1. The van der Waals surface area contributed by atoms with E-state index in [0.29, 0.717) is 18.4 Å². The van der Waals surface area contributed by atoms with E-state index in [2.05, 4.69) is 144 Å². The standard InChI is InChI=1S/C16H24N2.C13H14.C12H16N2.C4H8.C2H5N.2C2H6/c1-6-9-17-10-8-15-11-16(12(3)7-2)13(4)14(5)18-15;1-4-5-6-7-13-9-8-11(2)10-12(13)3;1-8-5-9(2)12(13)10(6-8)7-14-11-3-4-11;1-4-2-3-4;1-2-3;2*1-2/h9,11-12,17H,1,7-8,10H2,2-5H3;1,6-10H,5H2,2-3H3;5-7,11H,3-4,13H2,1-2H3;4H,2-3H2,1H3;2H,1,3H2;2*1-2H3/b;7-6-;;;;;. The van der Waals surface area contributed by atoms with E-state index < -0.39 is 0 Å². The molecular formula is C51H79N5. The Bertz CT molecular complexity index is 1680. The van der Waals surface area contributed by atoms with Crippen LogP contribution in [-0.2, 0) is 6.42 Å². The lowest BCUT2D eigenvalue weighted by Gasteiger charge is -2.16. The summed E-state index contributed by atoms with van der Waals surface area (Å²) in [6.45, 7) is 34.9. The van der Waals surface area contributed by atoms with E-state index in [9.17, 15) is 0 Å². The first-order valence-corrected chi connectivity index (χ1v) is 20.8. The van der Waals surface area contributed by atoms with Gasteiger partial charge in [-0.1, -0.05) is 122 Å². The summed E-state index contributed by atoms with van der Waals surface area (Å²) >= 11 is 0. The molecule has 56 heavy (non-hydrogen) atoms. The smallest absolute Gasteiger partial charge is 0.0501 e. The van der Waals surface area contributed by atoms with Crippen molar-refractivity contribution in [1.82, 2.24) is 10.3 Å². The Balaban J connectivity index is 0. The van der Waals surface area contributed by atoms with Gasteiger partial charge in [-0.15, -0.1) is 18.1 Å². The van der Waals surface area contributed by atoms with Crippen LogP contribution in [-0.4, -0.2) is 23.8 Å². The van der Waals surface area contributed by atoms with E-state index in [1.54, 1.807) is 6.20 Å². The molecule has 0 radical (unpaired) electrons. The number of aryl methyl sites for hydroxylation is 5. The number of allylic oxidation sites excluding steroid dienone is 1. The number of terminal acetylenes is 1. The number of nitrogen functional groups attached to an aromatic ring is 1. The maximum atomic E-state index is 5.97. The number of anilines is 1. The van der Waals surface area contributed by atoms with Crippen LogP contribution in [0.2, 0.25) is 0 Å². The van der Waals surface area contributed by atoms with Gasteiger partial charge in [0.25, 0.3) is 0 Å². The molecule has 2 saturated carbocycles. The summed E-state index contributed by atoms with van der Waals surface area (Å²) in [5, 5.41) is 3.14. The second-order valence-corrected chi connectivity index (χ2v) is 14.0. The van der Waals surface area contributed by atoms with Crippen molar-refractivity contribution in [3.8, 4) is 12.3 Å². The van der Waals surface area contributed by atoms with Gasteiger partial charge in [-0.05, 0) is 119 Å². The summed E-state index contributed by atoms with van der Waals surface area (Å²) in [4.78, 5) is 9.10. The Morgan fingerprint density at radius 2 is 1.54 bits per heavy atom. The third kappa shape index (κ3) is 24.6. The predicted octanol–water partition coefficient (Wildman–Crippen LogP) is 13.0. The average molecular weight is 762 g/mol. The summed E-state index contributed by atoms with van der Waals surface area (Å²) in [5.74, 6) is 4.27. The Labute approximate surface area is 345 Å². The zero-order chi connectivity index (χ0) is 43.1. The SMILES string of the molecule is C#CC/C=C\c1ccc(C)cc1C.C=C=CNCCc1cc(C(C)CC)c(C)c(C)n1.C=CN.CC.CC.CC1CC1.Cc1cc(C)c(N)c(C=NC2CC2)c1. The van der Waals surface area contributed by atoms with Gasteiger partial charge in [0.05, 0.1) is 6.04 Å². The summed E-state index contributed by atoms with van der Waals surface area (Å²) < 4.78 is 0. The third-order valence-electron chi connectivity index (χ3n) is 8.84. The molecule has 1 unspecified atom stereocenters. The number of nitrogens with two attached hydrogens (primary N) is 2. The molecule has 0 bridgehead atoms. The van der Waals surface area contributed by atoms with E-state index in [0.717, 1.165) is 41.4 Å². The number of aromatic nitrogens is 1. The molecule has 0 aliphatic heterocycles. The van der Waals surface area contributed by atoms with Gasteiger partial charge in [0.15, 0.2) is 0 Å². The van der Waals surface area contributed by atoms with Crippen molar-refractivity contribution in [1.29, 1.82) is 0 Å². The first kappa shape index (κ1) is 53.3. The van der Waals surface area contributed by atoms with E-state index in [1.165, 1.54) is 77.4 Å². The maximum absolute atomic E-state index is 5.97. The van der Waals surface area contributed by atoms with Gasteiger partial charge in [0, 0.05) is 54.4 Å². The van der Waals surface area contributed by atoms with Gasteiger partial charge >= 0.3 is 0 Å². The minimum Gasteiger partial charge on any atom is -0.405 e. The Hall–Kier alpha value is -4.78. The lowest BCUT2D eigenvalue weighted by atomic mass is 9.93. The minimum atomic E-state index is 0.565. The molecule has 0 spiro atoms. The topological polar surface area (TPSA) is 89.3 Å². The highest BCUT2D eigenvalue weighted by molar-refractivity contribution is 5.88. The average Bonchev–Trinajstić information content (AvgIpc) is 4.14. The molecule has 2 fully saturated rings. The zero-order valence-electron chi connectivity index (χ0n) is 37.8. The highest BCUT2D eigenvalue weighted by atomic mass is 14.8. The van der Waals surface area contributed by atoms with Crippen LogP contribution in [0.15, 0.2) is 78.8 Å². The van der Waals surface area contributed by atoms with Crippen LogP contribution in [0.1, 0.15) is 149 Å². The van der Waals surface area contributed by atoms with Gasteiger partial charge in [0.2, 0.25) is 0 Å². The fourth-order valence-corrected chi connectivity index (χ4v) is 4.99. The molecule has 308 valence electrons. The maximum Gasteiger partial charge on any atom is 0.0501 e. The van der Waals surface area contributed by atoms with Crippen molar-refractivity contribution in [2.75, 3.05) is 12.3 Å². The van der Waals surface area contributed by atoms with Crippen LogP contribution in [0.25, 0.3) is 6.08 Å². The number of rotatable bonds is 10. The fraction of sp³-hybridized carbons (Fsp3) is 0.471. The monoisotopic (exact) mass is 762 g/mol. The molecule has 3 aromatic rings. The lowest BCUT2D eigenvalue weighted by molar-refractivity contribution is 0.717. The van der Waals surface area contributed by atoms with Gasteiger partial charge < -0.3 is 16.8 Å². The van der Waals surface area contributed by atoms with Crippen molar-refractivity contribution in [2.45, 2.75) is 147 Å². The first-order chi connectivity index (χ1) is 26.8. The van der Waals surface area contributed by atoms with Crippen LogP contribution in [0.3, 0.4) is 0 Å². The molecular weight excluding hydrogens is 683 g/mol. The van der Waals surface area contributed by atoms with E-state index in [-0.39, 0.29) is 0 Å². The number of nitrogens with zero attached hydrogens (tertiary/aromatic N) is 2. The van der Waals surface area contributed by atoms with E-state index in [4.69, 9.17) is 12.2 Å². The molecule has 1 heterocycles. The molecule has 0 amide bonds. The van der Waals surface area contributed by atoms with E-state index >= 15 is 0 Å². The van der Waals surface area contributed by atoms with Crippen LogP contribution < -0.4 is 16.8 Å². The molecule has 5 nitrogen and oxygen atoms in total. The second-order valence-electron chi connectivity index (χ2n) is 14.0. The normalized spacial score (nSPS) is 12.6. The third-order valence-corrected chi connectivity index (χ3v) is 8.84. The summed E-state index contributed by atoms with van der Waals surface area (Å²) in [7, 11) is 0. The highest BCUT2D eigenvalue weighted by Gasteiger charge is 2.19. The van der Waals surface area contributed by atoms with Crippen molar-refractivity contribution < 1.29 is 0 Å². The van der Waals surface area contributed by atoms with Crippen LogP contribution >= 0.6 is 0 Å². The molecule has 2 aliphatic carbocycles. The number of hydrogen-bond acceptors (Lipinski definition) is 5. The minimum absolute atomic E-state index is 0.565. The van der Waals surface area contributed by atoms with Gasteiger partial charge in [-0.25, -0.2) is 0 Å². The van der Waals surface area contributed by atoms with Crippen LogP contribution in [0, 0.1) is 59.8 Å². The fourth-order valence-electron chi connectivity index (χ4n) is 4.99. The molecule has 5 rings (SSSR count). The molecule has 1 aromatic heterocycles. The van der Waals surface area contributed by atoms with Gasteiger partial charge in [0.1, 0.15) is 0 Å². The van der Waals surface area contributed by atoms with Gasteiger partial charge in [-0.3, -0.25) is 9.98 Å². The molecule has 0 saturated heterocycles. The zero-order valence-corrected chi connectivity index (χ0v) is 37.8. The van der Waals surface area contributed by atoms with Crippen molar-refractivity contribution in [2.24, 2.45) is 16.6 Å². The van der Waals surface area contributed by atoms with Crippen molar-refractivity contribution >= 4 is 18.0 Å². The highest BCUT2D eigenvalue weighted by Crippen LogP contribution is 2.27. The molecule has 2 aromatic carbocycles. The Morgan fingerprint density at radius 3 is 2.04 bits per heavy atom. The molecule has 1 atom stereocenters. The quantitative estimate of drug-likeness (QED) is 0.0631. The Morgan fingerprint density at radius 1 is 0.946 bits per heavy atom. The number of nitrogens with one attached hydrogen (secondary N) is 1. The number of aliphatic imine (C=N–C) groups is 1. The molecule has 2 aliphatic rings. The largest absolute Gasteiger partial charge is 0.405 e. The lowest BCUT2D eigenvalue weighted by Crippen LogP contribution is -2.12. The van der Waals surface area contributed by atoms with Crippen LogP contribution in [0.5, 0.6) is 0 Å². The second kappa shape index (κ2) is 32.5. The summed E-state index contributed by atoms with van der Waals surface area (Å²) in [5.41, 5.74) is 26.5. The van der Waals surface area contributed by atoms with Crippen molar-refractivity contribution in [3.63, 3.8) is 0 Å². The Kier molecular flexibility index (Phi) is 30.9. The number of hydrogen-bond donors (Lipinski definition) is 3. The van der Waals surface area contributed by atoms with E-state index in [1.807, 2.05) is 46.9 Å². The molecule has 5 heteroatoms. The predicted molar refractivity (Wildman–Crippen MR) is 253 cm³/mol. The first-order valence-electron chi connectivity index (χ1n) is 20.8. The van der Waals surface area contributed by atoms with Crippen molar-refractivity contribution in [3.05, 3.63) is 130 Å².